The summed E-state index contributed by atoms with van der Waals surface area (Å²) in [4.78, 5) is 19.5. The average molecular weight is 313 g/mol. The minimum absolute atomic E-state index is 0.0259. The van der Waals surface area contributed by atoms with Gasteiger partial charge >= 0.3 is 0 Å². The Balaban J connectivity index is 2.25. The van der Waals surface area contributed by atoms with Crippen LogP contribution in [0.1, 0.15) is 63.4 Å². The van der Waals surface area contributed by atoms with E-state index in [1.165, 1.54) is 12.8 Å². The summed E-state index contributed by atoms with van der Waals surface area (Å²) in [5, 5.41) is 0. The minimum atomic E-state index is -0.0259. The molecule has 1 aromatic heterocycles. The first-order chi connectivity index (χ1) is 8.61. The van der Waals surface area contributed by atoms with Gasteiger partial charge in [0.1, 0.15) is 10.3 Å². The lowest BCUT2D eigenvalue weighted by Crippen LogP contribution is -2.20. The lowest BCUT2D eigenvalue weighted by molar-refractivity contribution is 0.338. The first kappa shape index (κ1) is 13.8. The summed E-state index contributed by atoms with van der Waals surface area (Å²) in [6, 6.07) is 0. The number of H-pyrrole nitrogens is 1. The van der Waals surface area contributed by atoms with Crippen molar-refractivity contribution in [3.63, 3.8) is 0 Å². The van der Waals surface area contributed by atoms with Gasteiger partial charge in [-0.05, 0) is 41.1 Å². The van der Waals surface area contributed by atoms with Crippen LogP contribution >= 0.6 is 15.9 Å². The molecule has 2 rings (SSSR count). The standard InChI is InChI=1S/C14H21BrN2O/c1-3-4-11-12(15)14(18)17-13(16-11)10-7-5-9(2)6-8-10/h9-10H,3-8H2,1-2H3,(H,16,17,18). The SMILES string of the molecule is CCCc1nc(C2CCC(C)CC2)[nH]c(=O)c1Br. The molecule has 0 atom stereocenters. The maximum Gasteiger partial charge on any atom is 0.265 e. The normalized spacial score (nSPS) is 24.2. The van der Waals surface area contributed by atoms with Crippen molar-refractivity contribution in [2.75, 3.05) is 0 Å². The molecule has 1 N–H and O–H groups in total. The molecule has 0 spiro atoms. The topological polar surface area (TPSA) is 45.8 Å². The van der Waals surface area contributed by atoms with E-state index in [0.29, 0.717) is 10.4 Å². The number of hydrogen-bond acceptors (Lipinski definition) is 2. The molecule has 100 valence electrons. The average Bonchev–Trinajstić information content (AvgIpc) is 2.36. The molecule has 0 amide bonds. The summed E-state index contributed by atoms with van der Waals surface area (Å²) in [6.45, 7) is 4.41. The van der Waals surface area contributed by atoms with Crippen LogP contribution in [0, 0.1) is 5.92 Å². The predicted octanol–water partition coefficient (Wildman–Crippen LogP) is 3.78. The Bertz CT molecular complexity index is 461. The van der Waals surface area contributed by atoms with Crippen molar-refractivity contribution in [1.82, 2.24) is 9.97 Å². The van der Waals surface area contributed by atoms with Crippen LogP contribution in [0.2, 0.25) is 0 Å². The van der Waals surface area contributed by atoms with Crippen LogP contribution in [0.4, 0.5) is 0 Å². The lowest BCUT2D eigenvalue weighted by Gasteiger charge is -2.25. The van der Waals surface area contributed by atoms with E-state index in [0.717, 1.165) is 43.1 Å². The Labute approximate surface area is 117 Å². The van der Waals surface area contributed by atoms with Gasteiger partial charge in [0.2, 0.25) is 0 Å². The van der Waals surface area contributed by atoms with E-state index < -0.39 is 0 Å². The van der Waals surface area contributed by atoms with E-state index in [-0.39, 0.29) is 5.56 Å². The van der Waals surface area contributed by atoms with E-state index in [9.17, 15) is 4.79 Å². The molecule has 4 heteroatoms. The molecule has 0 unspecified atom stereocenters. The molecular weight excluding hydrogens is 292 g/mol. The molecule has 0 radical (unpaired) electrons. The first-order valence-corrected chi connectivity index (χ1v) is 7.69. The van der Waals surface area contributed by atoms with Crippen LogP contribution in [-0.2, 0) is 6.42 Å². The number of halogens is 1. The monoisotopic (exact) mass is 312 g/mol. The van der Waals surface area contributed by atoms with Gasteiger partial charge in [0.05, 0.1) is 5.69 Å². The van der Waals surface area contributed by atoms with E-state index in [1.54, 1.807) is 0 Å². The highest BCUT2D eigenvalue weighted by Crippen LogP contribution is 2.33. The van der Waals surface area contributed by atoms with Crippen LogP contribution < -0.4 is 5.56 Å². The van der Waals surface area contributed by atoms with E-state index in [1.807, 2.05) is 0 Å². The Kier molecular flexibility index (Phi) is 4.60. The van der Waals surface area contributed by atoms with Crippen molar-refractivity contribution >= 4 is 15.9 Å². The fourth-order valence-corrected chi connectivity index (χ4v) is 3.04. The second kappa shape index (κ2) is 6.00. The number of aryl methyl sites for hydroxylation is 1. The van der Waals surface area contributed by atoms with Gasteiger partial charge in [-0.3, -0.25) is 4.79 Å². The third-order valence-corrected chi connectivity index (χ3v) is 4.66. The van der Waals surface area contributed by atoms with Gasteiger partial charge in [-0.1, -0.05) is 33.1 Å². The highest BCUT2D eigenvalue weighted by Gasteiger charge is 2.22. The predicted molar refractivity (Wildman–Crippen MR) is 76.9 cm³/mol. The highest BCUT2D eigenvalue weighted by molar-refractivity contribution is 9.10. The zero-order valence-electron chi connectivity index (χ0n) is 11.1. The van der Waals surface area contributed by atoms with E-state index in [4.69, 9.17) is 0 Å². The van der Waals surface area contributed by atoms with E-state index in [2.05, 4.69) is 39.7 Å². The number of hydrogen-bond donors (Lipinski definition) is 1. The van der Waals surface area contributed by atoms with Gasteiger partial charge in [0, 0.05) is 5.92 Å². The summed E-state index contributed by atoms with van der Waals surface area (Å²) >= 11 is 3.34. The number of nitrogens with one attached hydrogen (secondary N) is 1. The molecule has 1 fully saturated rings. The Morgan fingerprint density at radius 1 is 1.33 bits per heavy atom. The number of rotatable bonds is 3. The highest BCUT2D eigenvalue weighted by atomic mass is 79.9. The zero-order chi connectivity index (χ0) is 13.1. The van der Waals surface area contributed by atoms with Gasteiger partial charge in [-0.25, -0.2) is 4.98 Å². The Morgan fingerprint density at radius 3 is 2.61 bits per heavy atom. The van der Waals surface area contributed by atoms with Crippen LogP contribution in [-0.4, -0.2) is 9.97 Å². The van der Waals surface area contributed by atoms with Crippen LogP contribution in [0.25, 0.3) is 0 Å². The molecule has 0 aliphatic heterocycles. The van der Waals surface area contributed by atoms with Gasteiger partial charge in [-0.2, -0.15) is 0 Å². The molecule has 1 aliphatic carbocycles. The third kappa shape index (κ3) is 3.02. The van der Waals surface area contributed by atoms with Crippen LogP contribution in [0.15, 0.2) is 9.27 Å². The quantitative estimate of drug-likeness (QED) is 0.923. The molecule has 0 saturated heterocycles. The van der Waals surface area contributed by atoms with Crippen molar-refractivity contribution < 1.29 is 0 Å². The lowest BCUT2D eigenvalue weighted by atomic mass is 9.82. The molecule has 1 saturated carbocycles. The zero-order valence-corrected chi connectivity index (χ0v) is 12.7. The molecule has 3 nitrogen and oxygen atoms in total. The summed E-state index contributed by atoms with van der Waals surface area (Å²) in [5.41, 5.74) is 0.886. The van der Waals surface area contributed by atoms with Crippen LogP contribution in [0.5, 0.6) is 0 Å². The second-order valence-corrected chi connectivity index (χ2v) is 6.21. The number of aromatic amines is 1. The third-order valence-electron chi connectivity index (χ3n) is 3.84. The van der Waals surface area contributed by atoms with E-state index >= 15 is 0 Å². The van der Waals surface area contributed by atoms with Crippen molar-refractivity contribution in [3.05, 3.63) is 26.3 Å². The maximum atomic E-state index is 11.9. The summed E-state index contributed by atoms with van der Waals surface area (Å²) in [5.74, 6) is 2.16. The molecule has 0 bridgehead atoms. The molecular formula is C14H21BrN2O. The molecule has 1 aromatic rings. The van der Waals surface area contributed by atoms with Gasteiger partial charge < -0.3 is 4.98 Å². The van der Waals surface area contributed by atoms with Crippen molar-refractivity contribution in [2.45, 2.75) is 58.3 Å². The molecule has 18 heavy (non-hydrogen) atoms. The maximum absolute atomic E-state index is 11.9. The van der Waals surface area contributed by atoms with Gasteiger partial charge in [-0.15, -0.1) is 0 Å². The minimum Gasteiger partial charge on any atom is -0.309 e. The van der Waals surface area contributed by atoms with Gasteiger partial charge in [0.25, 0.3) is 5.56 Å². The summed E-state index contributed by atoms with van der Waals surface area (Å²) in [6.07, 6.45) is 6.66. The Hall–Kier alpha value is -0.640. The fourth-order valence-electron chi connectivity index (χ4n) is 2.65. The number of nitrogens with zero attached hydrogens (tertiary/aromatic N) is 1. The van der Waals surface area contributed by atoms with Gasteiger partial charge in [0.15, 0.2) is 0 Å². The van der Waals surface area contributed by atoms with Crippen molar-refractivity contribution in [3.8, 4) is 0 Å². The van der Waals surface area contributed by atoms with Crippen molar-refractivity contribution in [2.24, 2.45) is 5.92 Å². The summed E-state index contributed by atoms with van der Waals surface area (Å²) < 4.78 is 0.609. The molecule has 1 heterocycles. The largest absolute Gasteiger partial charge is 0.309 e. The first-order valence-electron chi connectivity index (χ1n) is 6.90. The second-order valence-electron chi connectivity index (χ2n) is 5.42. The smallest absolute Gasteiger partial charge is 0.265 e. The molecule has 0 aromatic carbocycles. The fraction of sp³-hybridized carbons (Fsp3) is 0.714. The summed E-state index contributed by atoms with van der Waals surface area (Å²) in [7, 11) is 0. The van der Waals surface area contributed by atoms with Crippen LogP contribution in [0.3, 0.4) is 0 Å². The Morgan fingerprint density at radius 2 is 2.00 bits per heavy atom. The number of aromatic nitrogens is 2. The van der Waals surface area contributed by atoms with Crippen molar-refractivity contribution in [1.29, 1.82) is 0 Å². The molecule has 1 aliphatic rings.